The molecule has 2 aliphatic rings. The van der Waals surface area contributed by atoms with E-state index in [1.807, 2.05) is 6.07 Å². The number of anilines is 1. The minimum atomic E-state index is -0.242. The van der Waals surface area contributed by atoms with Gasteiger partial charge in [0.15, 0.2) is 5.69 Å². The van der Waals surface area contributed by atoms with Crippen molar-refractivity contribution >= 4 is 23.5 Å². The molecule has 1 amide bonds. The summed E-state index contributed by atoms with van der Waals surface area (Å²) in [6, 6.07) is 10.9. The Kier molecular flexibility index (Phi) is 6.82. The first-order valence-electron chi connectivity index (χ1n) is 10.6. The van der Waals surface area contributed by atoms with Crippen LogP contribution in [0, 0.1) is 0 Å². The van der Waals surface area contributed by atoms with Gasteiger partial charge in [-0.1, -0.05) is 41.9 Å². The number of piperazine rings is 1. The van der Waals surface area contributed by atoms with E-state index >= 15 is 0 Å². The topological polar surface area (TPSA) is 64.6 Å². The van der Waals surface area contributed by atoms with Crippen LogP contribution in [0.5, 0.6) is 0 Å². The molecule has 0 bridgehead atoms. The van der Waals surface area contributed by atoms with Gasteiger partial charge >= 0.3 is 0 Å². The van der Waals surface area contributed by atoms with Gasteiger partial charge in [0, 0.05) is 51.9 Å². The van der Waals surface area contributed by atoms with Crippen molar-refractivity contribution in [2.24, 2.45) is 0 Å². The number of carbonyl (C=O) groups excluding carboxylic acids is 1. The quantitative estimate of drug-likeness (QED) is 0.762. The number of halogens is 1. The normalized spacial score (nSPS) is 20.5. The van der Waals surface area contributed by atoms with Crippen LogP contribution < -0.4 is 10.2 Å². The third kappa shape index (κ3) is 4.91. The van der Waals surface area contributed by atoms with Crippen LogP contribution in [0.2, 0.25) is 5.02 Å². The molecule has 7 nitrogen and oxygen atoms in total. The van der Waals surface area contributed by atoms with Crippen LogP contribution in [0.3, 0.4) is 0 Å². The summed E-state index contributed by atoms with van der Waals surface area (Å²) in [4.78, 5) is 28.4. The van der Waals surface area contributed by atoms with E-state index in [2.05, 4.69) is 61.3 Å². The molecular weight excluding hydrogens is 400 g/mol. The minimum Gasteiger partial charge on any atom is -0.349 e. The predicted molar refractivity (Wildman–Crippen MR) is 119 cm³/mol. The van der Waals surface area contributed by atoms with E-state index in [-0.39, 0.29) is 16.6 Å². The molecule has 0 aliphatic carbocycles. The SMILES string of the molecule is CN1CCN(CCNC(=O)c2nc(N3CCCC3)ncc2Cl)[C@@H](c2ccccc2)C1. The van der Waals surface area contributed by atoms with E-state index < -0.39 is 0 Å². The number of rotatable bonds is 6. The molecule has 2 aliphatic heterocycles. The molecule has 30 heavy (non-hydrogen) atoms. The van der Waals surface area contributed by atoms with Crippen molar-refractivity contribution in [2.75, 3.05) is 57.8 Å². The summed E-state index contributed by atoms with van der Waals surface area (Å²) < 4.78 is 0. The summed E-state index contributed by atoms with van der Waals surface area (Å²) in [6.07, 6.45) is 3.78. The molecule has 2 fully saturated rings. The summed E-state index contributed by atoms with van der Waals surface area (Å²) >= 11 is 6.22. The highest BCUT2D eigenvalue weighted by atomic mass is 35.5. The molecule has 0 saturated carbocycles. The molecule has 1 N–H and O–H groups in total. The molecule has 0 unspecified atom stereocenters. The predicted octanol–water partition coefficient (Wildman–Crippen LogP) is 2.45. The second-order valence-electron chi connectivity index (χ2n) is 8.04. The van der Waals surface area contributed by atoms with Crippen LogP contribution in [-0.2, 0) is 0 Å². The van der Waals surface area contributed by atoms with Crippen LogP contribution in [-0.4, -0.2) is 78.5 Å². The molecule has 2 saturated heterocycles. The van der Waals surface area contributed by atoms with Gasteiger partial charge in [-0.2, -0.15) is 0 Å². The Labute approximate surface area is 183 Å². The number of hydrogen-bond acceptors (Lipinski definition) is 6. The Bertz CT molecular complexity index is 858. The average Bonchev–Trinajstić information content (AvgIpc) is 3.30. The first-order valence-corrected chi connectivity index (χ1v) is 11.0. The number of aromatic nitrogens is 2. The van der Waals surface area contributed by atoms with Crippen molar-refractivity contribution in [3.63, 3.8) is 0 Å². The fourth-order valence-corrected chi connectivity index (χ4v) is 4.38. The molecular formula is C22H29ClN6O. The third-order valence-electron chi connectivity index (χ3n) is 5.90. The Balaban J connectivity index is 1.37. The fraction of sp³-hybridized carbons (Fsp3) is 0.500. The number of hydrogen-bond donors (Lipinski definition) is 1. The number of carbonyl (C=O) groups is 1. The molecule has 0 radical (unpaired) electrons. The van der Waals surface area contributed by atoms with Crippen LogP contribution in [0.1, 0.15) is 34.9 Å². The number of amides is 1. The van der Waals surface area contributed by atoms with E-state index in [4.69, 9.17) is 11.6 Å². The van der Waals surface area contributed by atoms with Gasteiger partial charge in [-0.3, -0.25) is 9.69 Å². The summed E-state index contributed by atoms with van der Waals surface area (Å²) in [6.45, 7) is 6.15. The van der Waals surface area contributed by atoms with Gasteiger partial charge in [0.1, 0.15) is 0 Å². The van der Waals surface area contributed by atoms with Crippen molar-refractivity contribution in [3.05, 3.63) is 52.8 Å². The fourth-order valence-electron chi connectivity index (χ4n) is 4.20. The highest BCUT2D eigenvalue weighted by molar-refractivity contribution is 6.33. The number of nitrogens with one attached hydrogen (secondary N) is 1. The molecule has 3 heterocycles. The first kappa shape index (κ1) is 21.0. The Morgan fingerprint density at radius 1 is 1.17 bits per heavy atom. The lowest BCUT2D eigenvalue weighted by Crippen LogP contribution is -2.49. The lowest BCUT2D eigenvalue weighted by molar-refractivity contribution is 0.0840. The maximum absolute atomic E-state index is 12.7. The summed E-state index contributed by atoms with van der Waals surface area (Å²) in [5, 5.41) is 3.29. The third-order valence-corrected chi connectivity index (χ3v) is 6.18. The van der Waals surface area contributed by atoms with Gasteiger partial charge in [0.05, 0.1) is 11.2 Å². The van der Waals surface area contributed by atoms with Crippen LogP contribution >= 0.6 is 11.6 Å². The zero-order valence-corrected chi connectivity index (χ0v) is 18.2. The van der Waals surface area contributed by atoms with Gasteiger partial charge in [-0.25, -0.2) is 9.97 Å². The second-order valence-corrected chi connectivity index (χ2v) is 8.45. The molecule has 2 aromatic rings. The lowest BCUT2D eigenvalue weighted by Gasteiger charge is -2.40. The Hall–Kier alpha value is -2.22. The van der Waals surface area contributed by atoms with Crippen LogP contribution in [0.4, 0.5) is 5.95 Å². The standard InChI is InChI=1S/C22H29ClN6O/c1-27-13-14-28(19(16-27)17-7-3-2-4-8-17)12-9-24-21(30)20-18(23)15-25-22(26-20)29-10-5-6-11-29/h2-4,7-8,15,19H,5-6,9-14,16H2,1H3,(H,24,30)/t19-/m1/s1. The average molecular weight is 429 g/mol. The number of nitrogens with zero attached hydrogens (tertiary/aromatic N) is 5. The van der Waals surface area contributed by atoms with E-state index in [1.165, 1.54) is 11.8 Å². The maximum atomic E-state index is 12.7. The molecule has 1 aromatic heterocycles. The van der Waals surface area contributed by atoms with Crippen molar-refractivity contribution < 1.29 is 4.79 Å². The van der Waals surface area contributed by atoms with E-state index in [0.29, 0.717) is 18.5 Å². The molecule has 160 valence electrons. The smallest absolute Gasteiger partial charge is 0.271 e. The lowest BCUT2D eigenvalue weighted by atomic mass is 10.0. The zero-order chi connectivity index (χ0) is 20.9. The maximum Gasteiger partial charge on any atom is 0.271 e. The van der Waals surface area contributed by atoms with Crippen LogP contribution in [0.15, 0.2) is 36.5 Å². The number of benzene rings is 1. The van der Waals surface area contributed by atoms with E-state index in [9.17, 15) is 4.79 Å². The summed E-state index contributed by atoms with van der Waals surface area (Å²) in [5.74, 6) is 0.346. The van der Waals surface area contributed by atoms with Gasteiger partial charge in [-0.15, -0.1) is 0 Å². The minimum absolute atomic E-state index is 0.242. The Morgan fingerprint density at radius 3 is 2.70 bits per heavy atom. The second kappa shape index (κ2) is 9.73. The highest BCUT2D eigenvalue weighted by Gasteiger charge is 2.26. The Morgan fingerprint density at radius 2 is 1.93 bits per heavy atom. The van der Waals surface area contributed by atoms with Crippen LogP contribution in [0.25, 0.3) is 0 Å². The molecule has 1 aromatic carbocycles. The van der Waals surface area contributed by atoms with Gasteiger partial charge in [0.25, 0.3) is 5.91 Å². The molecule has 1 atom stereocenters. The molecule has 4 rings (SSSR count). The molecule has 0 spiro atoms. The monoisotopic (exact) mass is 428 g/mol. The van der Waals surface area contributed by atoms with Crippen molar-refractivity contribution in [3.8, 4) is 0 Å². The van der Waals surface area contributed by atoms with Crippen molar-refractivity contribution in [1.29, 1.82) is 0 Å². The zero-order valence-electron chi connectivity index (χ0n) is 17.4. The number of likely N-dealkylation sites (N-methyl/N-ethyl adjacent to an activating group) is 1. The molecule has 8 heteroatoms. The summed E-state index contributed by atoms with van der Waals surface area (Å²) in [7, 11) is 2.16. The van der Waals surface area contributed by atoms with E-state index in [1.54, 1.807) is 0 Å². The van der Waals surface area contributed by atoms with E-state index in [0.717, 1.165) is 52.1 Å². The largest absolute Gasteiger partial charge is 0.349 e. The van der Waals surface area contributed by atoms with Gasteiger partial charge in [0.2, 0.25) is 5.95 Å². The first-order chi connectivity index (χ1) is 14.6. The summed E-state index contributed by atoms with van der Waals surface area (Å²) in [5.41, 5.74) is 1.57. The highest BCUT2D eigenvalue weighted by Crippen LogP contribution is 2.24. The van der Waals surface area contributed by atoms with Gasteiger partial charge in [-0.05, 0) is 25.5 Å². The van der Waals surface area contributed by atoms with Crippen molar-refractivity contribution in [1.82, 2.24) is 25.1 Å². The van der Waals surface area contributed by atoms with Crippen molar-refractivity contribution in [2.45, 2.75) is 18.9 Å². The van der Waals surface area contributed by atoms with Gasteiger partial charge < -0.3 is 15.1 Å².